The van der Waals surface area contributed by atoms with Crippen molar-refractivity contribution in [1.82, 2.24) is 24.9 Å². The monoisotopic (exact) mass is 347 g/mol. The highest BCUT2D eigenvalue weighted by atomic mass is 16.2. The molecule has 2 fully saturated rings. The normalized spacial score (nSPS) is 22.4. The van der Waals surface area contributed by atoms with Gasteiger partial charge in [-0.05, 0) is 63.1 Å². The number of aromatic nitrogens is 2. The molecule has 1 unspecified atom stereocenters. The van der Waals surface area contributed by atoms with Crippen molar-refractivity contribution in [3.63, 3.8) is 0 Å². The van der Waals surface area contributed by atoms with E-state index in [1.165, 1.54) is 25.9 Å². The maximum atomic E-state index is 12.4. The van der Waals surface area contributed by atoms with Gasteiger partial charge in [0.25, 0.3) is 0 Å². The zero-order chi connectivity index (χ0) is 17.5. The minimum atomic E-state index is 0.138. The minimum Gasteiger partial charge on any atom is -0.338 e. The number of hydrogen-bond acceptors (Lipinski definition) is 3. The fourth-order valence-corrected chi connectivity index (χ4v) is 4.11. The predicted octanol–water partition coefficient (Wildman–Crippen LogP) is 2.43. The van der Waals surface area contributed by atoms with Crippen molar-refractivity contribution in [2.24, 2.45) is 11.8 Å². The highest BCUT2D eigenvalue weighted by Gasteiger charge is 2.25. The summed E-state index contributed by atoms with van der Waals surface area (Å²) in [6.07, 6.45) is 9.67. The van der Waals surface area contributed by atoms with Gasteiger partial charge >= 0.3 is 6.03 Å². The quantitative estimate of drug-likeness (QED) is 0.824. The molecule has 0 radical (unpaired) electrons. The number of carbonyl (C=O) groups is 1. The number of nitrogens with one attached hydrogen (secondary N) is 1. The van der Waals surface area contributed by atoms with Crippen LogP contribution in [0.3, 0.4) is 0 Å². The van der Waals surface area contributed by atoms with Crippen LogP contribution in [-0.4, -0.2) is 64.9 Å². The van der Waals surface area contributed by atoms with Crippen LogP contribution in [0.4, 0.5) is 4.79 Å². The zero-order valence-corrected chi connectivity index (χ0v) is 15.6. The third kappa shape index (κ3) is 5.46. The number of nitrogens with zero attached hydrogens (tertiary/aromatic N) is 4. The molecule has 1 N–H and O–H groups in total. The Bertz CT molecular complexity index is 510. The van der Waals surface area contributed by atoms with Crippen LogP contribution in [-0.2, 0) is 6.54 Å². The van der Waals surface area contributed by atoms with Gasteiger partial charge < -0.3 is 15.1 Å². The molecular formula is C19H33N5O. The van der Waals surface area contributed by atoms with Crippen molar-refractivity contribution in [2.45, 2.75) is 45.6 Å². The van der Waals surface area contributed by atoms with Gasteiger partial charge in [-0.3, -0.25) is 4.68 Å². The lowest BCUT2D eigenvalue weighted by molar-refractivity contribution is 0.165. The molecule has 3 rings (SSSR count). The first-order valence-corrected chi connectivity index (χ1v) is 9.97. The molecule has 6 heteroatoms. The Labute approximate surface area is 151 Å². The van der Waals surface area contributed by atoms with Crippen molar-refractivity contribution in [1.29, 1.82) is 0 Å². The molecule has 6 nitrogen and oxygen atoms in total. The van der Waals surface area contributed by atoms with E-state index in [2.05, 4.69) is 22.2 Å². The van der Waals surface area contributed by atoms with Gasteiger partial charge in [-0.15, -0.1) is 0 Å². The fraction of sp³-hybridized carbons (Fsp3) is 0.789. The standard InChI is InChI=1S/C19H33N5O/c1-2-9-22-11-4-18(16-22)15-20-19(25)23-12-5-17(6-13-23)7-14-24-10-3-8-21-24/h3,8,10,17-18H,2,4-7,9,11-16H2,1H3,(H,20,25). The van der Waals surface area contributed by atoms with E-state index >= 15 is 0 Å². The summed E-state index contributed by atoms with van der Waals surface area (Å²) in [6.45, 7) is 9.35. The van der Waals surface area contributed by atoms with E-state index in [0.29, 0.717) is 11.8 Å². The van der Waals surface area contributed by atoms with Gasteiger partial charge in [0, 0.05) is 45.1 Å². The molecule has 0 bridgehead atoms. The first-order valence-electron chi connectivity index (χ1n) is 9.97. The molecule has 1 atom stereocenters. The van der Waals surface area contributed by atoms with E-state index < -0.39 is 0 Å². The summed E-state index contributed by atoms with van der Waals surface area (Å²) in [4.78, 5) is 16.9. The van der Waals surface area contributed by atoms with E-state index in [0.717, 1.165) is 52.0 Å². The molecule has 0 aliphatic carbocycles. The van der Waals surface area contributed by atoms with Crippen LogP contribution >= 0.6 is 0 Å². The topological polar surface area (TPSA) is 53.4 Å². The summed E-state index contributed by atoms with van der Waals surface area (Å²) in [5.74, 6) is 1.34. The van der Waals surface area contributed by atoms with Gasteiger partial charge in [0.2, 0.25) is 0 Å². The third-order valence-corrected chi connectivity index (χ3v) is 5.68. The maximum absolute atomic E-state index is 12.4. The number of hydrogen-bond donors (Lipinski definition) is 1. The molecule has 0 aromatic carbocycles. The van der Waals surface area contributed by atoms with E-state index in [-0.39, 0.29) is 6.03 Å². The summed E-state index contributed by atoms with van der Waals surface area (Å²) in [5.41, 5.74) is 0. The van der Waals surface area contributed by atoms with E-state index in [9.17, 15) is 4.79 Å². The van der Waals surface area contributed by atoms with Crippen LogP contribution in [0.1, 0.15) is 39.0 Å². The molecular weight excluding hydrogens is 314 g/mol. The molecule has 1 aromatic rings. The smallest absolute Gasteiger partial charge is 0.317 e. The lowest BCUT2D eigenvalue weighted by Crippen LogP contribution is -2.46. The average Bonchev–Trinajstić information content (AvgIpc) is 3.30. The number of piperidine rings is 1. The Morgan fingerprint density at radius 1 is 1.16 bits per heavy atom. The van der Waals surface area contributed by atoms with Gasteiger partial charge in [0.1, 0.15) is 0 Å². The fourth-order valence-electron chi connectivity index (χ4n) is 4.11. The molecule has 2 saturated heterocycles. The number of carbonyl (C=O) groups excluding carboxylic acids is 1. The van der Waals surface area contributed by atoms with Crippen LogP contribution in [0.2, 0.25) is 0 Å². The molecule has 140 valence electrons. The van der Waals surface area contributed by atoms with Crippen molar-refractivity contribution in [2.75, 3.05) is 39.3 Å². The van der Waals surface area contributed by atoms with Gasteiger partial charge in [-0.25, -0.2) is 4.79 Å². The minimum absolute atomic E-state index is 0.138. The molecule has 25 heavy (non-hydrogen) atoms. The molecule has 3 heterocycles. The Kier molecular flexibility index (Phi) is 6.73. The summed E-state index contributed by atoms with van der Waals surface area (Å²) in [7, 11) is 0. The van der Waals surface area contributed by atoms with Crippen molar-refractivity contribution >= 4 is 6.03 Å². The SMILES string of the molecule is CCCN1CCC(CNC(=O)N2CCC(CCn3cccn3)CC2)C1. The van der Waals surface area contributed by atoms with Crippen LogP contribution in [0.15, 0.2) is 18.5 Å². The second kappa shape index (κ2) is 9.22. The largest absolute Gasteiger partial charge is 0.338 e. The van der Waals surface area contributed by atoms with Crippen LogP contribution in [0, 0.1) is 11.8 Å². The second-order valence-electron chi connectivity index (χ2n) is 7.63. The first kappa shape index (κ1) is 18.2. The Morgan fingerprint density at radius 2 is 1.96 bits per heavy atom. The first-order chi connectivity index (χ1) is 12.2. The zero-order valence-electron chi connectivity index (χ0n) is 15.6. The van der Waals surface area contributed by atoms with Crippen molar-refractivity contribution in [3.8, 4) is 0 Å². The van der Waals surface area contributed by atoms with Gasteiger partial charge in [-0.1, -0.05) is 6.92 Å². The van der Waals surface area contributed by atoms with Gasteiger partial charge in [-0.2, -0.15) is 5.10 Å². The number of urea groups is 1. The lowest BCUT2D eigenvalue weighted by atomic mass is 9.94. The Balaban J connectivity index is 1.30. The van der Waals surface area contributed by atoms with Gasteiger partial charge in [0.05, 0.1) is 0 Å². The van der Waals surface area contributed by atoms with E-state index in [4.69, 9.17) is 0 Å². The molecule has 2 aliphatic heterocycles. The van der Waals surface area contributed by atoms with Crippen LogP contribution in [0.25, 0.3) is 0 Å². The number of likely N-dealkylation sites (tertiary alicyclic amines) is 2. The van der Waals surface area contributed by atoms with Gasteiger partial charge in [0.15, 0.2) is 0 Å². The molecule has 2 amide bonds. The summed E-state index contributed by atoms with van der Waals surface area (Å²) in [5, 5.41) is 7.43. The highest BCUT2D eigenvalue weighted by Crippen LogP contribution is 2.21. The summed E-state index contributed by atoms with van der Waals surface area (Å²) in [6, 6.07) is 2.11. The number of amides is 2. The lowest BCUT2D eigenvalue weighted by Gasteiger charge is -2.32. The van der Waals surface area contributed by atoms with E-state index in [1.807, 2.05) is 28.0 Å². The Hall–Kier alpha value is -1.56. The van der Waals surface area contributed by atoms with E-state index in [1.54, 1.807) is 0 Å². The van der Waals surface area contributed by atoms with Crippen molar-refractivity contribution in [3.05, 3.63) is 18.5 Å². The summed E-state index contributed by atoms with van der Waals surface area (Å²) >= 11 is 0. The Morgan fingerprint density at radius 3 is 2.68 bits per heavy atom. The molecule has 0 saturated carbocycles. The predicted molar refractivity (Wildman–Crippen MR) is 99.4 cm³/mol. The maximum Gasteiger partial charge on any atom is 0.317 e. The molecule has 1 aromatic heterocycles. The number of aryl methyl sites for hydroxylation is 1. The highest BCUT2D eigenvalue weighted by molar-refractivity contribution is 5.74. The molecule has 2 aliphatic rings. The second-order valence-corrected chi connectivity index (χ2v) is 7.63. The van der Waals surface area contributed by atoms with Crippen LogP contribution < -0.4 is 5.32 Å². The van der Waals surface area contributed by atoms with Crippen LogP contribution in [0.5, 0.6) is 0 Å². The third-order valence-electron chi connectivity index (χ3n) is 5.68. The number of rotatable bonds is 7. The summed E-state index contributed by atoms with van der Waals surface area (Å²) < 4.78 is 2.00. The molecule has 0 spiro atoms. The average molecular weight is 348 g/mol. The van der Waals surface area contributed by atoms with Crippen molar-refractivity contribution < 1.29 is 4.79 Å².